The first-order chi connectivity index (χ1) is 10.5. The molecule has 0 aliphatic carbocycles. The predicted octanol–water partition coefficient (Wildman–Crippen LogP) is 3.99. The molecule has 0 amide bonds. The van der Waals surface area contributed by atoms with Crippen LogP contribution < -0.4 is 10.6 Å². The number of nitrogens with one attached hydrogen (secondary N) is 2. The molecule has 1 aromatic rings. The normalized spacial score (nSPS) is 22.3. The Hall–Kier alpha value is -0.840. The van der Waals surface area contributed by atoms with Gasteiger partial charge >= 0.3 is 0 Å². The smallest absolute Gasteiger partial charge is 0.170 e. The van der Waals surface area contributed by atoms with Gasteiger partial charge in [0, 0.05) is 19.6 Å². The quantitative estimate of drug-likeness (QED) is 0.626. The van der Waals surface area contributed by atoms with E-state index in [9.17, 15) is 0 Å². The van der Waals surface area contributed by atoms with Gasteiger partial charge in [-0.25, -0.2) is 0 Å². The van der Waals surface area contributed by atoms with Crippen molar-refractivity contribution in [1.29, 1.82) is 0 Å². The molecular formula is C17H26ClN3S. The molecule has 2 N–H and O–H groups in total. The van der Waals surface area contributed by atoms with Gasteiger partial charge in [-0.2, -0.15) is 0 Å². The highest BCUT2D eigenvalue weighted by Crippen LogP contribution is 2.21. The van der Waals surface area contributed by atoms with Crippen LogP contribution in [0.4, 0.5) is 5.69 Å². The Morgan fingerprint density at radius 3 is 2.64 bits per heavy atom. The molecular weight excluding hydrogens is 314 g/mol. The number of anilines is 1. The number of para-hydroxylation sites is 1. The van der Waals surface area contributed by atoms with Crippen molar-refractivity contribution in [2.45, 2.75) is 26.7 Å². The number of hydrogen-bond acceptors (Lipinski definition) is 2. The zero-order valence-electron chi connectivity index (χ0n) is 13.4. The number of nitrogens with zero attached hydrogens (tertiary/aromatic N) is 1. The summed E-state index contributed by atoms with van der Waals surface area (Å²) in [7, 11) is 0. The summed E-state index contributed by atoms with van der Waals surface area (Å²) in [4.78, 5) is 2.57. The molecule has 3 nitrogen and oxygen atoms in total. The number of hydrogen-bond donors (Lipinski definition) is 2. The fraction of sp³-hybridized carbons (Fsp3) is 0.588. The van der Waals surface area contributed by atoms with Crippen molar-refractivity contribution >= 4 is 34.6 Å². The third-order valence-corrected chi connectivity index (χ3v) is 4.58. The van der Waals surface area contributed by atoms with Gasteiger partial charge in [-0.05, 0) is 55.6 Å². The minimum absolute atomic E-state index is 0.633. The molecule has 1 aromatic carbocycles. The van der Waals surface area contributed by atoms with E-state index in [4.69, 9.17) is 23.8 Å². The van der Waals surface area contributed by atoms with E-state index in [1.807, 2.05) is 24.3 Å². The van der Waals surface area contributed by atoms with Crippen LogP contribution >= 0.6 is 23.8 Å². The molecule has 2 atom stereocenters. The molecule has 0 bridgehead atoms. The Kier molecular flexibility index (Phi) is 6.93. The zero-order valence-corrected chi connectivity index (χ0v) is 15.0. The van der Waals surface area contributed by atoms with E-state index in [-0.39, 0.29) is 0 Å². The number of thiocarbonyl (C=S) groups is 1. The summed E-state index contributed by atoms with van der Waals surface area (Å²) in [6, 6.07) is 7.62. The lowest BCUT2D eigenvalue weighted by Crippen LogP contribution is -2.40. The molecule has 1 fully saturated rings. The molecule has 1 aliphatic heterocycles. The predicted molar refractivity (Wildman–Crippen MR) is 99.7 cm³/mol. The number of piperidine rings is 1. The average molecular weight is 340 g/mol. The van der Waals surface area contributed by atoms with Crippen molar-refractivity contribution in [3.8, 4) is 0 Å². The molecule has 122 valence electrons. The Morgan fingerprint density at radius 1 is 1.27 bits per heavy atom. The first-order valence-corrected chi connectivity index (χ1v) is 8.85. The molecule has 22 heavy (non-hydrogen) atoms. The number of halogens is 1. The summed E-state index contributed by atoms with van der Waals surface area (Å²) in [6.45, 7) is 9.18. The van der Waals surface area contributed by atoms with Crippen LogP contribution in [0.25, 0.3) is 0 Å². The molecule has 2 unspecified atom stereocenters. The van der Waals surface area contributed by atoms with Crippen LogP contribution in [-0.4, -0.2) is 36.2 Å². The first-order valence-electron chi connectivity index (χ1n) is 8.06. The van der Waals surface area contributed by atoms with Gasteiger partial charge in [0.2, 0.25) is 0 Å². The molecule has 1 heterocycles. The molecule has 0 radical (unpaired) electrons. The maximum absolute atomic E-state index is 6.10. The molecule has 0 aromatic heterocycles. The minimum atomic E-state index is 0.633. The second-order valence-corrected chi connectivity index (χ2v) is 7.24. The second-order valence-electron chi connectivity index (χ2n) is 6.42. The van der Waals surface area contributed by atoms with Crippen molar-refractivity contribution in [3.05, 3.63) is 29.3 Å². The van der Waals surface area contributed by atoms with E-state index in [2.05, 4.69) is 29.4 Å². The number of rotatable bonds is 5. The maximum Gasteiger partial charge on any atom is 0.170 e. The van der Waals surface area contributed by atoms with E-state index in [0.29, 0.717) is 10.1 Å². The van der Waals surface area contributed by atoms with E-state index >= 15 is 0 Å². The van der Waals surface area contributed by atoms with Crippen LogP contribution in [0.3, 0.4) is 0 Å². The number of likely N-dealkylation sites (tertiary alicyclic amines) is 1. The largest absolute Gasteiger partial charge is 0.362 e. The molecule has 1 aliphatic rings. The lowest BCUT2D eigenvalue weighted by atomic mass is 9.92. The van der Waals surface area contributed by atoms with Gasteiger partial charge < -0.3 is 15.5 Å². The lowest BCUT2D eigenvalue weighted by molar-refractivity contribution is 0.140. The molecule has 2 rings (SSSR count). The highest BCUT2D eigenvalue weighted by atomic mass is 35.5. The molecule has 5 heteroatoms. The van der Waals surface area contributed by atoms with Gasteiger partial charge in [0.1, 0.15) is 0 Å². The van der Waals surface area contributed by atoms with Gasteiger partial charge in [0.25, 0.3) is 0 Å². The Bertz CT molecular complexity index is 485. The third kappa shape index (κ3) is 5.75. The van der Waals surface area contributed by atoms with E-state index in [1.54, 1.807) is 0 Å². The van der Waals surface area contributed by atoms with Gasteiger partial charge in [0.15, 0.2) is 5.11 Å². The third-order valence-electron chi connectivity index (χ3n) is 4.00. The molecule has 1 saturated heterocycles. The SMILES string of the molecule is CC1CC(C)CN(CCCNC(=S)Nc2ccccc2Cl)C1. The van der Waals surface area contributed by atoms with Crippen LogP contribution in [0.1, 0.15) is 26.7 Å². The number of benzene rings is 1. The van der Waals surface area contributed by atoms with Crippen LogP contribution in [0.15, 0.2) is 24.3 Å². The Balaban J connectivity index is 1.64. The van der Waals surface area contributed by atoms with Crippen molar-refractivity contribution in [3.63, 3.8) is 0 Å². The van der Waals surface area contributed by atoms with Gasteiger partial charge in [-0.15, -0.1) is 0 Å². The lowest BCUT2D eigenvalue weighted by Gasteiger charge is -2.35. The van der Waals surface area contributed by atoms with Crippen molar-refractivity contribution < 1.29 is 0 Å². The Labute approximate surface area is 144 Å². The van der Waals surface area contributed by atoms with E-state index in [1.165, 1.54) is 19.5 Å². The van der Waals surface area contributed by atoms with Crippen molar-refractivity contribution in [2.24, 2.45) is 11.8 Å². The van der Waals surface area contributed by atoms with Crippen LogP contribution in [-0.2, 0) is 0 Å². The fourth-order valence-corrected chi connectivity index (χ4v) is 3.60. The summed E-state index contributed by atoms with van der Waals surface area (Å²) >= 11 is 11.4. The first kappa shape index (κ1) is 17.5. The maximum atomic E-state index is 6.10. The van der Waals surface area contributed by atoms with Gasteiger partial charge in [0.05, 0.1) is 10.7 Å². The van der Waals surface area contributed by atoms with Crippen LogP contribution in [0.5, 0.6) is 0 Å². The summed E-state index contributed by atoms with van der Waals surface area (Å²) in [5.41, 5.74) is 0.848. The second kappa shape index (κ2) is 8.70. The van der Waals surface area contributed by atoms with Gasteiger partial charge in [-0.1, -0.05) is 37.6 Å². The highest BCUT2D eigenvalue weighted by Gasteiger charge is 2.20. The Morgan fingerprint density at radius 2 is 1.95 bits per heavy atom. The standard InChI is InChI=1S/C17H26ClN3S/c1-13-10-14(2)12-21(11-13)9-5-8-19-17(22)20-16-7-4-3-6-15(16)18/h3-4,6-7,13-14H,5,8-12H2,1-2H3,(H2,19,20,22). The fourth-order valence-electron chi connectivity index (χ4n) is 3.21. The van der Waals surface area contributed by atoms with Crippen molar-refractivity contribution in [1.82, 2.24) is 10.2 Å². The van der Waals surface area contributed by atoms with Crippen LogP contribution in [0, 0.1) is 11.8 Å². The highest BCUT2D eigenvalue weighted by molar-refractivity contribution is 7.80. The molecule has 0 spiro atoms. The van der Waals surface area contributed by atoms with Gasteiger partial charge in [-0.3, -0.25) is 0 Å². The summed E-state index contributed by atoms with van der Waals surface area (Å²) in [5, 5.41) is 7.71. The average Bonchev–Trinajstić information content (AvgIpc) is 2.45. The van der Waals surface area contributed by atoms with Crippen molar-refractivity contribution in [2.75, 3.05) is 31.5 Å². The summed E-state index contributed by atoms with van der Waals surface area (Å²) < 4.78 is 0. The summed E-state index contributed by atoms with van der Waals surface area (Å²) in [6.07, 6.45) is 2.46. The molecule has 0 saturated carbocycles. The van der Waals surface area contributed by atoms with Crippen LogP contribution in [0.2, 0.25) is 5.02 Å². The van der Waals surface area contributed by atoms with E-state index in [0.717, 1.165) is 37.0 Å². The summed E-state index contributed by atoms with van der Waals surface area (Å²) in [5.74, 6) is 1.64. The minimum Gasteiger partial charge on any atom is -0.362 e. The zero-order chi connectivity index (χ0) is 15.9. The monoisotopic (exact) mass is 339 g/mol. The van der Waals surface area contributed by atoms with E-state index < -0.39 is 0 Å². The topological polar surface area (TPSA) is 27.3 Å².